The van der Waals surface area contributed by atoms with Gasteiger partial charge in [-0.25, -0.2) is 8.42 Å². The smallest absolute Gasteiger partial charge is 0.151 e. The molecule has 0 aliphatic carbocycles. The monoisotopic (exact) mass is 276 g/mol. The van der Waals surface area contributed by atoms with Crippen molar-refractivity contribution < 1.29 is 8.42 Å². The Morgan fingerprint density at radius 3 is 2.22 bits per heavy atom. The topological polar surface area (TPSA) is 49.4 Å². The molecule has 1 saturated heterocycles. The molecule has 108 valence electrons. The number of hydrogen-bond acceptors (Lipinski definition) is 4. The minimum absolute atomic E-state index is 0.0607. The van der Waals surface area contributed by atoms with Gasteiger partial charge in [0.15, 0.2) is 9.84 Å². The Hall–Kier alpha value is -0.130. The first kappa shape index (κ1) is 15.9. The van der Waals surface area contributed by atoms with E-state index in [1.807, 2.05) is 6.92 Å². The number of nitrogens with zero attached hydrogens (tertiary/aromatic N) is 1. The number of nitrogens with one attached hydrogen (secondary N) is 1. The lowest BCUT2D eigenvalue weighted by atomic mass is 10.0. The Kier molecular flexibility index (Phi) is 6.08. The van der Waals surface area contributed by atoms with Gasteiger partial charge in [0, 0.05) is 23.9 Å². The molecule has 1 heterocycles. The largest absolute Gasteiger partial charge is 0.310 e. The van der Waals surface area contributed by atoms with E-state index >= 15 is 0 Å². The van der Waals surface area contributed by atoms with Gasteiger partial charge in [-0.2, -0.15) is 0 Å². The van der Waals surface area contributed by atoms with Crippen molar-refractivity contribution in [2.45, 2.75) is 58.7 Å². The molecule has 0 radical (unpaired) electrons. The van der Waals surface area contributed by atoms with Crippen LogP contribution in [0.1, 0.15) is 40.5 Å². The van der Waals surface area contributed by atoms with E-state index in [0.29, 0.717) is 12.1 Å². The Morgan fingerprint density at radius 1 is 1.22 bits per heavy atom. The third-order valence-corrected chi connectivity index (χ3v) is 5.61. The highest BCUT2D eigenvalue weighted by Crippen LogP contribution is 2.13. The molecule has 0 bridgehead atoms. The molecule has 5 heteroatoms. The highest BCUT2D eigenvalue weighted by Gasteiger charge is 2.23. The summed E-state index contributed by atoms with van der Waals surface area (Å²) < 4.78 is 23.1. The van der Waals surface area contributed by atoms with E-state index in [0.717, 1.165) is 25.9 Å². The number of sulfone groups is 1. The summed E-state index contributed by atoms with van der Waals surface area (Å²) in [7, 11) is -2.87. The van der Waals surface area contributed by atoms with Crippen molar-refractivity contribution in [2.24, 2.45) is 0 Å². The van der Waals surface area contributed by atoms with E-state index in [1.165, 1.54) is 0 Å². The second-order valence-electron chi connectivity index (χ2n) is 5.67. The summed E-state index contributed by atoms with van der Waals surface area (Å²) in [6.45, 7) is 10.4. The van der Waals surface area contributed by atoms with Gasteiger partial charge in [-0.15, -0.1) is 0 Å². The highest BCUT2D eigenvalue weighted by atomic mass is 32.2. The first-order chi connectivity index (χ1) is 8.34. The van der Waals surface area contributed by atoms with Crippen molar-refractivity contribution in [3.05, 3.63) is 0 Å². The fraction of sp³-hybridized carbons (Fsp3) is 1.00. The van der Waals surface area contributed by atoms with E-state index in [9.17, 15) is 8.42 Å². The van der Waals surface area contributed by atoms with Crippen LogP contribution in [0.2, 0.25) is 0 Å². The standard InChI is InChI=1S/C13H28N2O2S/c1-5-18(16,17)10-12(4)14-13-6-8-15(9-7-13)11(2)3/h11-14H,5-10H2,1-4H3/t12-/m1/s1. The Bertz CT molecular complexity index is 333. The molecule has 1 N–H and O–H groups in total. The molecule has 1 aliphatic rings. The maximum atomic E-state index is 11.5. The number of hydrogen-bond donors (Lipinski definition) is 1. The molecule has 1 atom stereocenters. The van der Waals surface area contributed by atoms with Crippen molar-refractivity contribution in [3.8, 4) is 0 Å². The van der Waals surface area contributed by atoms with Crippen LogP contribution in [0.3, 0.4) is 0 Å². The van der Waals surface area contributed by atoms with Gasteiger partial charge in [-0.05, 0) is 46.7 Å². The molecule has 4 nitrogen and oxygen atoms in total. The van der Waals surface area contributed by atoms with Crippen molar-refractivity contribution >= 4 is 9.84 Å². The molecule has 0 saturated carbocycles. The van der Waals surface area contributed by atoms with Crippen LogP contribution in [0.15, 0.2) is 0 Å². The van der Waals surface area contributed by atoms with Crippen LogP contribution in [-0.2, 0) is 9.84 Å². The third-order valence-electron chi connectivity index (χ3n) is 3.72. The molecule has 0 spiro atoms. The first-order valence-electron chi connectivity index (χ1n) is 7.04. The van der Waals surface area contributed by atoms with Gasteiger partial charge < -0.3 is 10.2 Å². The Labute approximate surface area is 112 Å². The van der Waals surface area contributed by atoms with Crippen LogP contribution in [0.25, 0.3) is 0 Å². The van der Waals surface area contributed by atoms with Gasteiger partial charge in [-0.1, -0.05) is 6.92 Å². The molecule has 1 aliphatic heterocycles. The van der Waals surface area contributed by atoms with Gasteiger partial charge in [0.25, 0.3) is 0 Å². The lowest BCUT2D eigenvalue weighted by Gasteiger charge is -2.36. The molecular formula is C13H28N2O2S. The van der Waals surface area contributed by atoms with Crippen LogP contribution < -0.4 is 5.32 Å². The maximum absolute atomic E-state index is 11.5. The normalized spacial score (nSPS) is 21.4. The van der Waals surface area contributed by atoms with Crippen LogP contribution in [0.5, 0.6) is 0 Å². The molecular weight excluding hydrogens is 248 g/mol. The summed E-state index contributed by atoms with van der Waals surface area (Å²) in [5.41, 5.74) is 0. The summed E-state index contributed by atoms with van der Waals surface area (Å²) in [6.07, 6.45) is 2.24. The Balaban J connectivity index is 2.33. The van der Waals surface area contributed by atoms with Crippen molar-refractivity contribution in [1.82, 2.24) is 10.2 Å². The minimum Gasteiger partial charge on any atom is -0.310 e. The van der Waals surface area contributed by atoms with Crippen LogP contribution >= 0.6 is 0 Å². The predicted octanol–water partition coefficient (Wildman–Crippen LogP) is 1.27. The quantitative estimate of drug-likeness (QED) is 0.794. The van der Waals surface area contributed by atoms with Gasteiger partial charge in [0.05, 0.1) is 5.75 Å². The molecule has 18 heavy (non-hydrogen) atoms. The molecule has 0 unspecified atom stereocenters. The van der Waals surface area contributed by atoms with E-state index < -0.39 is 9.84 Å². The highest BCUT2D eigenvalue weighted by molar-refractivity contribution is 7.91. The third kappa shape index (κ3) is 5.24. The zero-order valence-corrected chi connectivity index (χ0v) is 13.0. The van der Waals surface area contributed by atoms with Crippen molar-refractivity contribution in [3.63, 3.8) is 0 Å². The van der Waals surface area contributed by atoms with Crippen LogP contribution in [-0.4, -0.2) is 56.0 Å². The molecule has 1 rings (SSSR count). The van der Waals surface area contributed by atoms with Gasteiger partial charge in [0.1, 0.15) is 0 Å². The number of piperidine rings is 1. The number of likely N-dealkylation sites (tertiary alicyclic amines) is 1. The average molecular weight is 276 g/mol. The summed E-state index contributed by atoms with van der Waals surface area (Å²) >= 11 is 0. The second kappa shape index (κ2) is 6.87. The van der Waals surface area contributed by atoms with Crippen molar-refractivity contribution in [1.29, 1.82) is 0 Å². The first-order valence-corrected chi connectivity index (χ1v) is 8.86. The van der Waals surface area contributed by atoms with Crippen molar-refractivity contribution in [2.75, 3.05) is 24.6 Å². The van der Waals surface area contributed by atoms with Gasteiger partial charge in [-0.3, -0.25) is 0 Å². The predicted molar refractivity (Wildman–Crippen MR) is 76.7 cm³/mol. The Morgan fingerprint density at radius 2 is 1.78 bits per heavy atom. The summed E-state index contributed by atoms with van der Waals surface area (Å²) in [6, 6.07) is 1.15. The summed E-state index contributed by atoms with van der Waals surface area (Å²) in [5.74, 6) is 0.499. The molecule has 0 amide bonds. The second-order valence-corrected chi connectivity index (χ2v) is 8.07. The molecule has 0 aromatic heterocycles. The van der Waals surface area contributed by atoms with Crippen LogP contribution in [0.4, 0.5) is 0 Å². The lowest BCUT2D eigenvalue weighted by molar-refractivity contribution is 0.158. The van der Waals surface area contributed by atoms with E-state index in [2.05, 4.69) is 24.1 Å². The SMILES string of the molecule is CCS(=O)(=O)C[C@@H](C)NC1CCN(C(C)C)CC1. The lowest BCUT2D eigenvalue weighted by Crippen LogP contribution is -2.48. The maximum Gasteiger partial charge on any atom is 0.151 e. The minimum atomic E-state index is -2.87. The van der Waals surface area contributed by atoms with E-state index in [1.54, 1.807) is 6.92 Å². The fourth-order valence-electron chi connectivity index (χ4n) is 2.53. The summed E-state index contributed by atoms with van der Waals surface area (Å²) in [4.78, 5) is 2.48. The summed E-state index contributed by atoms with van der Waals surface area (Å²) in [5, 5.41) is 3.46. The zero-order chi connectivity index (χ0) is 13.8. The zero-order valence-electron chi connectivity index (χ0n) is 12.1. The molecule has 0 aromatic carbocycles. The average Bonchev–Trinajstić information content (AvgIpc) is 2.29. The fourth-order valence-corrected chi connectivity index (χ4v) is 3.63. The van der Waals surface area contributed by atoms with E-state index in [4.69, 9.17) is 0 Å². The number of rotatable bonds is 6. The van der Waals surface area contributed by atoms with Gasteiger partial charge in [0.2, 0.25) is 0 Å². The van der Waals surface area contributed by atoms with E-state index in [-0.39, 0.29) is 17.5 Å². The molecule has 0 aromatic rings. The van der Waals surface area contributed by atoms with Crippen LogP contribution in [0, 0.1) is 0 Å². The van der Waals surface area contributed by atoms with Gasteiger partial charge >= 0.3 is 0 Å². The molecule has 1 fully saturated rings.